The van der Waals surface area contributed by atoms with Gasteiger partial charge in [-0.25, -0.2) is 0 Å². The molecule has 0 aliphatic rings. The Morgan fingerprint density at radius 3 is 2.33 bits per heavy atom. The fourth-order valence-electron chi connectivity index (χ4n) is 1.45. The Bertz CT molecular complexity index is 89.8. The van der Waals surface area contributed by atoms with Gasteiger partial charge in [-0.1, -0.05) is 26.7 Å². The van der Waals surface area contributed by atoms with Gasteiger partial charge in [0.2, 0.25) is 0 Å². The molecule has 0 fully saturated rings. The summed E-state index contributed by atoms with van der Waals surface area (Å²) >= 11 is 0. The number of rotatable bonds is 7. The molecule has 0 aliphatic carbocycles. The smallest absolute Gasteiger partial charge is 0.0212 e. The molecule has 2 nitrogen and oxygen atoms in total. The molecule has 1 atom stereocenters. The van der Waals surface area contributed by atoms with E-state index in [2.05, 4.69) is 25.8 Å². The molecule has 2 heteroatoms. The summed E-state index contributed by atoms with van der Waals surface area (Å²) in [4.78, 5) is 2.38. The second-order valence-electron chi connectivity index (χ2n) is 3.49. The first-order valence-electron chi connectivity index (χ1n) is 5.16. The summed E-state index contributed by atoms with van der Waals surface area (Å²) in [5.41, 5.74) is 5.65. The average molecular weight is 172 g/mol. The summed E-state index contributed by atoms with van der Waals surface area (Å²) < 4.78 is 0. The largest absolute Gasteiger partial charge is 0.329 e. The zero-order valence-electron chi connectivity index (χ0n) is 8.84. The molecule has 1 unspecified atom stereocenters. The van der Waals surface area contributed by atoms with Gasteiger partial charge in [0.1, 0.15) is 0 Å². The van der Waals surface area contributed by atoms with Crippen LogP contribution < -0.4 is 5.73 Å². The van der Waals surface area contributed by atoms with Crippen LogP contribution in [0.1, 0.15) is 39.5 Å². The molecule has 0 aliphatic heterocycles. The molecule has 0 saturated heterocycles. The van der Waals surface area contributed by atoms with Crippen molar-refractivity contribution in [3.8, 4) is 0 Å². The third kappa shape index (κ3) is 4.73. The van der Waals surface area contributed by atoms with Crippen LogP contribution in [0.2, 0.25) is 0 Å². The maximum Gasteiger partial charge on any atom is 0.0212 e. The highest BCUT2D eigenvalue weighted by Gasteiger charge is 2.08. The fraction of sp³-hybridized carbons (Fsp3) is 1.00. The Morgan fingerprint density at radius 2 is 1.92 bits per heavy atom. The van der Waals surface area contributed by atoms with Gasteiger partial charge in [-0.3, -0.25) is 0 Å². The van der Waals surface area contributed by atoms with Crippen LogP contribution >= 0.6 is 0 Å². The van der Waals surface area contributed by atoms with E-state index in [1.54, 1.807) is 0 Å². The zero-order chi connectivity index (χ0) is 9.40. The zero-order valence-corrected chi connectivity index (χ0v) is 8.84. The van der Waals surface area contributed by atoms with Crippen molar-refractivity contribution in [3.05, 3.63) is 0 Å². The first-order valence-corrected chi connectivity index (χ1v) is 5.16. The number of unbranched alkanes of at least 4 members (excludes halogenated alkanes) is 2. The van der Waals surface area contributed by atoms with Crippen LogP contribution in [0.4, 0.5) is 0 Å². The molecular formula is C10H24N2. The Labute approximate surface area is 77.1 Å². The van der Waals surface area contributed by atoms with Gasteiger partial charge in [0, 0.05) is 12.6 Å². The molecule has 12 heavy (non-hydrogen) atoms. The minimum Gasteiger partial charge on any atom is -0.329 e. The lowest BCUT2D eigenvalue weighted by atomic mass is 10.2. The van der Waals surface area contributed by atoms with E-state index in [1.165, 1.54) is 32.2 Å². The van der Waals surface area contributed by atoms with Crippen molar-refractivity contribution >= 4 is 0 Å². The topological polar surface area (TPSA) is 29.3 Å². The molecule has 0 spiro atoms. The van der Waals surface area contributed by atoms with Gasteiger partial charge in [0.15, 0.2) is 0 Å². The van der Waals surface area contributed by atoms with Crippen molar-refractivity contribution < 1.29 is 0 Å². The third-order valence-electron chi connectivity index (χ3n) is 2.48. The second kappa shape index (κ2) is 7.56. The molecule has 0 radical (unpaired) electrons. The molecule has 0 rings (SSSR count). The van der Waals surface area contributed by atoms with E-state index >= 15 is 0 Å². The average Bonchev–Trinajstić information content (AvgIpc) is 2.07. The molecule has 0 amide bonds. The summed E-state index contributed by atoms with van der Waals surface area (Å²) in [6, 6.07) is 0.585. The predicted octanol–water partition coefficient (Wildman–Crippen LogP) is 1.85. The number of nitrogens with zero attached hydrogens (tertiary/aromatic N) is 1. The van der Waals surface area contributed by atoms with Crippen LogP contribution in [0.15, 0.2) is 0 Å². The lowest BCUT2D eigenvalue weighted by Crippen LogP contribution is -2.37. The summed E-state index contributed by atoms with van der Waals surface area (Å²) in [6.45, 7) is 6.43. The first kappa shape index (κ1) is 11.9. The van der Waals surface area contributed by atoms with Crippen molar-refractivity contribution in [2.24, 2.45) is 5.73 Å². The molecule has 0 aromatic rings. The van der Waals surface area contributed by atoms with Crippen LogP contribution in [0.3, 0.4) is 0 Å². The van der Waals surface area contributed by atoms with Gasteiger partial charge < -0.3 is 10.6 Å². The normalized spacial score (nSPS) is 13.8. The SMILES string of the molecule is CCCCCN(C)C(CC)CN. The lowest BCUT2D eigenvalue weighted by molar-refractivity contribution is 0.236. The highest BCUT2D eigenvalue weighted by Crippen LogP contribution is 2.02. The van der Waals surface area contributed by atoms with Gasteiger partial charge >= 0.3 is 0 Å². The van der Waals surface area contributed by atoms with Crippen LogP contribution in [-0.2, 0) is 0 Å². The fourth-order valence-corrected chi connectivity index (χ4v) is 1.45. The monoisotopic (exact) mass is 172 g/mol. The minimum absolute atomic E-state index is 0.585. The van der Waals surface area contributed by atoms with Crippen molar-refractivity contribution in [3.63, 3.8) is 0 Å². The summed E-state index contributed by atoms with van der Waals surface area (Å²) in [6.07, 6.45) is 5.11. The van der Waals surface area contributed by atoms with Gasteiger partial charge in [0.25, 0.3) is 0 Å². The molecule has 0 bridgehead atoms. The lowest BCUT2D eigenvalue weighted by Gasteiger charge is -2.25. The summed E-state index contributed by atoms with van der Waals surface area (Å²) in [5.74, 6) is 0. The Balaban J connectivity index is 3.47. The molecule has 0 heterocycles. The molecule has 2 N–H and O–H groups in total. The van der Waals surface area contributed by atoms with E-state index in [1.807, 2.05) is 0 Å². The number of nitrogens with two attached hydrogens (primary N) is 1. The Kier molecular flexibility index (Phi) is 7.51. The molecule has 0 saturated carbocycles. The van der Waals surface area contributed by atoms with Crippen molar-refractivity contribution in [1.29, 1.82) is 0 Å². The minimum atomic E-state index is 0.585. The van der Waals surface area contributed by atoms with Crippen LogP contribution in [0.5, 0.6) is 0 Å². The van der Waals surface area contributed by atoms with E-state index in [9.17, 15) is 0 Å². The third-order valence-corrected chi connectivity index (χ3v) is 2.48. The van der Waals surface area contributed by atoms with Crippen molar-refractivity contribution in [1.82, 2.24) is 4.90 Å². The Hall–Kier alpha value is -0.0800. The quantitative estimate of drug-likeness (QED) is 0.594. The van der Waals surface area contributed by atoms with Crippen molar-refractivity contribution in [2.75, 3.05) is 20.1 Å². The van der Waals surface area contributed by atoms with E-state index in [0.29, 0.717) is 6.04 Å². The van der Waals surface area contributed by atoms with E-state index < -0.39 is 0 Å². The highest BCUT2D eigenvalue weighted by atomic mass is 15.1. The van der Waals surface area contributed by atoms with Gasteiger partial charge in [-0.2, -0.15) is 0 Å². The van der Waals surface area contributed by atoms with E-state index in [-0.39, 0.29) is 0 Å². The van der Waals surface area contributed by atoms with Gasteiger partial charge in [0.05, 0.1) is 0 Å². The van der Waals surface area contributed by atoms with E-state index in [0.717, 1.165) is 6.54 Å². The number of likely N-dealkylation sites (N-methyl/N-ethyl adjacent to an activating group) is 1. The number of hydrogen-bond acceptors (Lipinski definition) is 2. The van der Waals surface area contributed by atoms with Crippen LogP contribution in [0.25, 0.3) is 0 Å². The maximum absolute atomic E-state index is 5.65. The van der Waals surface area contributed by atoms with E-state index in [4.69, 9.17) is 5.73 Å². The van der Waals surface area contributed by atoms with Gasteiger partial charge in [-0.05, 0) is 26.4 Å². The van der Waals surface area contributed by atoms with Crippen molar-refractivity contribution in [2.45, 2.75) is 45.6 Å². The summed E-state index contributed by atoms with van der Waals surface area (Å²) in [5, 5.41) is 0. The predicted molar refractivity (Wildman–Crippen MR) is 55.3 cm³/mol. The van der Waals surface area contributed by atoms with Gasteiger partial charge in [-0.15, -0.1) is 0 Å². The Morgan fingerprint density at radius 1 is 1.25 bits per heavy atom. The molecule has 0 aromatic carbocycles. The molecule has 0 aromatic heterocycles. The maximum atomic E-state index is 5.65. The standard InChI is InChI=1S/C10H24N2/c1-4-6-7-8-12(3)10(5-2)9-11/h10H,4-9,11H2,1-3H3. The molecular weight excluding hydrogens is 148 g/mol. The highest BCUT2D eigenvalue weighted by molar-refractivity contribution is 4.67. The molecule has 74 valence electrons. The number of hydrogen-bond donors (Lipinski definition) is 1. The van der Waals surface area contributed by atoms with Crippen LogP contribution in [-0.4, -0.2) is 31.1 Å². The second-order valence-corrected chi connectivity index (χ2v) is 3.49. The summed E-state index contributed by atoms with van der Waals surface area (Å²) in [7, 11) is 2.18. The van der Waals surface area contributed by atoms with Crippen LogP contribution in [0, 0.1) is 0 Å². The first-order chi connectivity index (χ1) is 5.76.